The number of carbonyl (C=O) groups excluding carboxylic acids is 1. The molecular formula is C25H29FN2O4. The normalized spacial score (nSPS) is 15.6. The molecule has 1 atom stereocenters. The second-order valence-corrected chi connectivity index (χ2v) is 8.12. The Kier molecular flexibility index (Phi) is 6.65. The van der Waals surface area contributed by atoms with E-state index in [2.05, 4.69) is 17.9 Å². The zero-order valence-corrected chi connectivity index (χ0v) is 18.5. The standard InChI is InChI=1S/C25H29FN2O4/c1-3-28(17-13-20-19(25(27)29)10-11-21(26)23(20)32-15-17)12-5-4-7-16-14-31-24-18(16)8-6-9-22(24)30-2/h6,8-11,14,17H,3-5,7,12-13,15H2,1-2H3,(H2,27,29). The van der Waals surface area contributed by atoms with Crippen molar-refractivity contribution in [2.24, 2.45) is 5.73 Å². The number of unbranched alkanes of at least 4 members (excludes halogenated alkanes) is 1. The van der Waals surface area contributed by atoms with Crippen molar-refractivity contribution in [1.82, 2.24) is 4.90 Å². The van der Waals surface area contributed by atoms with Crippen LogP contribution in [-0.4, -0.2) is 43.7 Å². The molecule has 6 nitrogen and oxygen atoms in total. The minimum absolute atomic E-state index is 0.0754. The number of hydrogen-bond donors (Lipinski definition) is 1. The Hall–Kier alpha value is -3.06. The zero-order chi connectivity index (χ0) is 22.7. The minimum atomic E-state index is -0.558. The number of likely N-dealkylation sites (N-methyl/N-ethyl adjacent to an activating group) is 1. The van der Waals surface area contributed by atoms with Crippen LogP contribution in [0, 0.1) is 5.82 Å². The highest BCUT2D eigenvalue weighted by Crippen LogP contribution is 2.33. The molecule has 4 rings (SSSR count). The number of aryl methyl sites for hydroxylation is 1. The predicted octanol–water partition coefficient (Wildman–Crippen LogP) is 4.33. The van der Waals surface area contributed by atoms with Crippen LogP contribution in [0.25, 0.3) is 11.0 Å². The molecule has 0 saturated carbocycles. The van der Waals surface area contributed by atoms with Gasteiger partial charge < -0.3 is 19.6 Å². The molecule has 1 unspecified atom stereocenters. The lowest BCUT2D eigenvalue weighted by molar-refractivity contribution is 0.0987. The fourth-order valence-corrected chi connectivity index (χ4v) is 4.56. The smallest absolute Gasteiger partial charge is 0.249 e. The van der Waals surface area contributed by atoms with Gasteiger partial charge in [-0.1, -0.05) is 19.1 Å². The van der Waals surface area contributed by atoms with Crippen LogP contribution in [0.3, 0.4) is 0 Å². The van der Waals surface area contributed by atoms with E-state index in [0.29, 0.717) is 24.2 Å². The van der Waals surface area contributed by atoms with Crippen molar-refractivity contribution in [2.75, 3.05) is 26.8 Å². The number of nitrogens with two attached hydrogens (primary N) is 1. The van der Waals surface area contributed by atoms with Crippen LogP contribution < -0.4 is 15.2 Å². The molecule has 1 aromatic heterocycles. The highest BCUT2D eigenvalue weighted by molar-refractivity contribution is 5.95. The zero-order valence-electron chi connectivity index (χ0n) is 18.5. The van der Waals surface area contributed by atoms with Gasteiger partial charge in [-0.05, 0) is 62.5 Å². The Bertz CT molecular complexity index is 1110. The fourth-order valence-electron chi connectivity index (χ4n) is 4.56. The molecule has 32 heavy (non-hydrogen) atoms. The first-order valence-electron chi connectivity index (χ1n) is 11.0. The number of hydrogen-bond acceptors (Lipinski definition) is 5. The summed E-state index contributed by atoms with van der Waals surface area (Å²) in [5.41, 5.74) is 8.38. The molecular weight excluding hydrogens is 411 g/mol. The SMILES string of the molecule is CCN(CCCCc1coc2c(OC)cccc12)C1COc2c(F)ccc(C(N)=O)c2C1. The average Bonchev–Trinajstić information content (AvgIpc) is 3.22. The lowest BCUT2D eigenvalue weighted by Gasteiger charge is -2.35. The molecule has 2 heterocycles. The average molecular weight is 441 g/mol. The first-order chi connectivity index (χ1) is 15.5. The van der Waals surface area contributed by atoms with Gasteiger partial charge in [-0.15, -0.1) is 0 Å². The van der Waals surface area contributed by atoms with Gasteiger partial charge in [0.15, 0.2) is 22.9 Å². The molecule has 7 heteroatoms. The monoisotopic (exact) mass is 440 g/mol. The summed E-state index contributed by atoms with van der Waals surface area (Å²) in [5.74, 6) is -0.0980. The van der Waals surface area contributed by atoms with E-state index in [1.807, 2.05) is 18.4 Å². The van der Waals surface area contributed by atoms with Crippen LogP contribution in [0.2, 0.25) is 0 Å². The van der Waals surface area contributed by atoms with Crippen molar-refractivity contribution < 1.29 is 23.1 Å². The number of primary amides is 1. The second kappa shape index (κ2) is 9.61. The molecule has 0 bridgehead atoms. The summed E-state index contributed by atoms with van der Waals surface area (Å²) in [6.07, 6.45) is 5.29. The van der Waals surface area contributed by atoms with E-state index in [-0.39, 0.29) is 11.8 Å². The Labute approximate surface area is 187 Å². The van der Waals surface area contributed by atoms with Crippen LogP contribution in [0.5, 0.6) is 11.5 Å². The number of benzene rings is 2. The molecule has 0 radical (unpaired) electrons. The van der Waals surface area contributed by atoms with Crippen molar-refractivity contribution in [2.45, 2.75) is 38.6 Å². The van der Waals surface area contributed by atoms with E-state index in [9.17, 15) is 9.18 Å². The molecule has 0 spiro atoms. The van der Waals surface area contributed by atoms with Crippen LogP contribution in [0.1, 0.15) is 41.3 Å². The van der Waals surface area contributed by atoms with Crippen LogP contribution in [0.4, 0.5) is 4.39 Å². The Morgan fingerprint density at radius 2 is 2.12 bits per heavy atom. The number of methoxy groups -OCH3 is 1. The molecule has 1 amide bonds. The Morgan fingerprint density at radius 1 is 1.28 bits per heavy atom. The lowest BCUT2D eigenvalue weighted by atomic mass is 9.95. The van der Waals surface area contributed by atoms with Crippen LogP contribution in [0.15, 0.2) is 41.0 Å². The molecule has 0 aliphatic carbocycles. The Morgan fingerprint density at radius 3 is 2.88 bits per heavy atom. The third-order valence-corrected chi connectivity index (χ3v) is 6.27. The quantitative estimate of drug-likeness (QED) is 0.501. The van der Waals surface area contributed by atoms with Gasteiger partial charge in [0, 0.05) is 22.6 Å². The summed E-state index contributed by atoms with van der Waals surface area (Å²) in [6.45, 7) is 4.23. The van der Waals surface area contributed by atoms with E-state index in [1.54, 1.807) is 7.11 Å². The Balaban J connectivity index is 1.37. The number of fused-ring (bicyclic) bond motifs is 2. The largest absolute Gasteiger partial charge is 0.493 e. The van der Waals surface area contributed by atoms with Gasteiger partial charge in [-0.25, -0.2) is 4.39 Å². The van der Waals surface area contributed by atoms with Crippen LogP contribution in [-0.2, 0) is 12.8 Å². The number of nitrogens with zero attached hydrogens (tertiary/aromatic N) is 1. The molecule has 0 saturated heterocycles. The minimum Gasteiger partial charge on any atom is -0.493 e. The summed E-state index contributed by atoms with van der Waals surface area (Å²) in [5, 5.41) is 1.09. The van der Waals surface area contributed by atoms with Gasteiger partial charge >= 0.3 is 0 Å². The summed E-state index contributed by atoms with van der Waals surface area (Å²) >= 11 is 0. The first kappa shape index (κ1) is 22.1. The number of ether oxygens (including phenoxy) is 2. The van der Waals surface area contributed by atoms with Crippen molar-refractivity contribution in [3.63, 3.8) is 0 Å². The first-order valence-corrected chi connectivity index (χ1v) is 11.0. The highest BCUT2D eigenvalue weighted by atomic mass is 19.1. The predicted molar refractivity (Wildman–Crippen MR) is 121 cm³/mol. The van der Waals surface area contributed by atoms with E-state index in [4.69, 9.17) is 19.6 Å². The number of halogens is 1. The van der Waals surface area contributed by atoms with Crippen LogP contribution >= 0.6 is 0 Å². The molecule has 0 fully saturated rings. The van der Waals surface area contributed by atoms with Gasteiger partial charge in [-0.3, -0.25) is 9.69 Å². The molecule has 2 N–H and O–H groups in total. The van der Waals surface area contributed by atoms with Crippen molar-refractivity contribution in [1.29, 1.82) is 0 Å². The highest BCUT2D eigenvalue weighted by Gasteiger charge is 2.29. The number of para-hydroxylation sites is 1. The van der Waals surface area contributed by atoms with Gasteiger partial charge in [0.2, 0.25) is 5.91 Å². The summed E-state index contributed by atoms with van der Waals surface area (Å²) in [7, 11) is 1.64. The number of furan rings is 1. The van der Waals surface area contributed by atoms with Gasteiger partial charge in [-0.2, -0.15) is 0 Å². The number of carbonyl (C=O) groups is 1. The molecule has 3 aromatic rings. The third kappa shape index (κ3) is 4.30. The van der Waals surface area contributed by atoms with Gasteiger partial charge in [0.1, 0.15) is 6.61 Å². The number of rotatable bonds is 9. The molecule has 170 valence electrons. The molecule has 1 aliphatic rings. The van der Waals surface area contributed by atoms with Gasteiger partial charge in [0.25, 0.3) is 0 Å². The fraction of sp³-hybridized carbons (Fsp3) is 0.400. The van der Waals surface area contributed by atoms with Crippen molar-refractivity contribution in [3.8, 4) is 11.5 Å². The topological polar surface area (TPSA) is 77.9 Å². The third-order valence-electron chi connectivity index (χ3n) is 6.27. The maximum Gasteiger partial charge on any atom is 0.249 e. The lowest BCUT2D eigenvalue weighted by Crippen LogP contribution is -2.44. The summed E-state index contributed by atoms with van der Waals surface area (Å²) in [6, 6.07) is 8.69. The molecule has 1 aliphatic heterocycles. The van der Waals surface area contributed by atoms with E-state index < -0.39 is 11.7 Å². The second-order valence-electron chi connectivity index (χ2n) is 8.12. The van der Waals surface area contributed by atoms with E-state index >= 15 is 0 Å². The van der Waals surface area contributed by atoms with E-state index in [0.717, 1.165) is 49.1 Å². The van der Waals surface area contributed by atoms with Crippen molar-refractivity contribution >= 4 is 16.9 Å². The van der Waals surface area contributed by atoms with E-state index in [1.165, 1.54) is 17.7 Å². The summed E-state index contributed by atoms with van der Waals surface area (Å²) in [4.78, 5) is 14.1. The van der Waals surface area contributed by atoms with Gasteiger partial charge in [0.05, 0.1) is 13.4 Å². The summed E-state index contributed by atoms with van der Waals surface area (Å²) < 4.78 is 31.0. The van der Waals surface area contributed by atoms with Crippen molar-refractivity contribution in [3.05, 3.63) is 59.1 Å². The number of amides is 1. The maximum atomic E-state index is 14.2. The maximum absolute atomic E-state index is 14.2. The molecule has 2 aromatic carbocycles.